The van der Waals surface area contributed by atoms with Crippen LogP contribution in [0.1, 0.15) is 48.0 Å². The first kappa shape index (κ1) is 19.9. The molecule has 1 saturated carbocycles. The first-order chi connectivity index (χ1) is 14.5. The van der Waals surface area contributed by atoms with Gasteiger partial charge in [-0.25, -0.2) is 9.18 Å². The van der Waals surface area contributed by atoms with Gasteiger partial charge in [-0.2, -0.15) is 5.01 Å². The van der Waals surface area contributed by atoms with E-state index in [1.165, 1.54) is 18.2 Å². The van der Waals surface area contributed by atoms with Gasteiger partial charge < -0.3 is 10.1 Å². The minimum absolute atomic E-state index is 0.209. The summed E-state index contributed by atoms with van der Waals surface area (Å²) in [6, 6.07) is 11.7. The lowest BCUT2D eigenvalue weighted by Gasteiger charge is -2.30. The second kappa shape index (κ2) is 8.14. The van der Waals surface area contributed by atoms with E-state index in [1.54, 1.807) is 30.3 Å². The third-order valence-corrected chi connectivity index (χ3v) is 5.50. The number of hydrogen-bond acceptors (Lipinski definition) is 4. The van der Waals surface area contributed by atoms with Crippen molar-refractivity contribution < 1.29 is 23.5 Å². The van der Waals surface area contributed by atoms with Gasteiger partial charge in [-0.3, -0.25) is 15.0 Å². The zero-order valence-corrected chi connectivity index (χ0v) is 16.3. The van der Waals surface area contributed by atoms with E-state index >= 15 is 0 Å². The maximum Gasteiger partial charge on any atom is 0.344 e. The van der Waals surface area contributed by atoms with Crippen LogP contribution in [0.2, 0.25) is 0 Å². The van der Waals surface area contributed by atoms with Crippen LogP contribution in [0.4, 0.5) is 9.18 Å². The molecule has 8 heteroatoms. The molecule has 4 amide bonds. The van der Waals surface area contributed by atoms with Crippen molar-refractivity contribution in [3.8, 4) is 5.75 Å². The molecule has 0 atom stereocenters. The van der Waals surface area contributed by atoms with Crippen molar-refractivity contribution >= 4 is 17.8 Å². The van der Waals surface area contributed by atoms with Gasteiger partial charge in [-0.05, 0) is 48.7 Å². The lowest BCUT2D eigenvalue weighted by Crippen LogP contribution is -2.50. The van der Waals surface area contributed by atoms with Gasteiger partial charge in [-0.1, -0.05) is 37.5 Å². The molecule has 2 N–H and O–H groups in total. The molecule has 2 fully saturated rings. The number of halogens is 1. The van der Waals surface area contributed by atoms with Gasteiger partial charge in [0.25, 0.3) is 11.8 Å². The molecule has 1 saturated heterocycles. The van der Waals surface area contributed by atoms with Gasteiger partial charge in [-0.15, -0.1) is 0 Å². The second-order valence-electron chi connectivity index (χ2n) is 7.60. The number of ether oxygens (including phenoxy) is 1. The smallest absolute Gasteiger partial charge is 0.344 e. The van der Waals surface area contributed by atoms with Crippen LogP contribution in [0.5, 0.6) is 5.75 Å². The number of amides is 4. The molecule has 0 aromatic heterocycles. The first-order valence-corrected chi connectivity index (χ1v) is 9.92. The maximum absolute atomic E-state index is 13.0. The van der Waals surface area contributed by atoms with Crippen LogP contribution in [-0.4, -0.2) is 28.4 Å². The van der Waals surface area contributed by atoms with Crippen molar-refractivity contribution in [2.24, 2.45) is 0 Å². The van der Waals surface area contributed by atoms with Crippen molar-refractivity contribution in [3.05, 3.63) is 65.5 Å². The summed E-state index contributed by atoms with van der Waals surface area (Å²) in [5.41, 5.74) is 2.54. The van der Waals surface area contributed by atoms with Crippen molar-refractivity contribution in [2.45, 2.75) is 44.2 Å². The first-order valence-electron chi connectivity index (χ1n) is 9.92. The molecular formula is C22H22FN3O4. The molecule has 2 aromatic rings. The summed E-state index contributed by atoms with van der Waals surface area (Å²) in [6.45, 7) is 0.209. The molecule has 156 valence electrons. The van der Waals surface area contributed by atoms with E-state index in [0.29, 0.717) is 18.6 Å². The summed E-state index contributed by atoms with van der Waals surface area (Å²) < 4.78 is 18.7. The average Bonchev–Trinajstić information content (AvgIpc) is 2.98. The van der Waals surface area contributed by atoms with E-state index in [9.17, 15) is 18.8 Å². The molecule has 30 heavy (non-hydrogen) atoms. The van der Waals surface area contributed by atoms with Crippen LogP contribution in [0.15, 0.2) is 48.5 Å². The molecule has 0 unspecified atom stereocenters. The number of hydrogen-bond donors (Lipinski definition) is 2. The highest BCUT2D eigenvalue weighted by Crippen LogP contribution is 2.33. The molecular weight excluding hydrogens is 389 g/mol. The number of rotatable bonds is 5. The summed E-state index contributed by atoms with van der Waals surface area (Å²) in [4.78, 5) is 37.7. The third-order valence-electron chi connectivity index (χ3n) is 5.50. The maximum atomic E-state index is 13.0. The van der Waals surface area contributed by atoms with Crippen LogP contribution < -0.4 is 15.5 Å². The fourth-order valence-electron chi connectivity index (χ4n) is 3.86. The lowest BCUT2D eigenvalue weighted by atomic mass is 9.82. The second-order valence-corrected chi connectivity index (χ2v) is 7.60. The Bertz CT molecular complexity index is 971. The summed E-state index contributed by atoms with van der Waals surface area (Å²) in [5.74, 6) is -0.885. The zero-order chi connectivity index (χ0) is 21.1. The number of benzene rings is 2. The predicted molar refractivity (Wildman–Crippen MR) is 106 cm³/mol. The van der Waals surface area contributed by atoms with E-state index < -0.39 is 23.4 Å². The Morgan fingerprint density at radius 2 is 1.83 bits per heavy atom. The summed E-state index contributed by atoms with van der Waals surface area (Å²) in [7, 11) is 0. The van der Waals surface area contributed by atoms with Crippen molar-refractivity contribution in [1.29, 1.82) is 0 Å². The van der Waals surface area contributed by atoms with Crippen molar-refractivity contribution in [3.63, 3.8) is 0 Å². The summed E-state index contributed by atoms with van der Waals surface area (Å²) >= 11 is 0. The van der Waals surface area contributed by atoms with Gasteiger partial charge in [0.2, 0.25) is 0 Å². The zero-order valence-electron chi connectivity index (χ0n) is 16.3. The molecule has 1 aliphatic carbocycles. The lowest BCUT2D eigenvalue weighted by molar-refractivity contribution is -0.134. The highest BCUT2D eigenvalue weighted by Gasteiger charge is 2.52. The Hall–Kier alpha value is -3.42. The molecule has 0 bridgehead atoms. The van der Waals surface area contributed by atoms with Gasteiger partial charge >= 0.3 is 6.03 Å². The Kier molecular flexibility index (Phi) is 5.39. The van der Waals surface area contributed by atoms with Crippen molar-refractivity contribution in [2.75, 3.05) is 0 Å². The van der Waals surface area contributed by atoms with Crippen LogP contribution in [0.3, 0.4) is 0 Å². The molecule has 7 nitrogen and oxygen atoms in total. The standard InChI is InChI=1S/C22H22FN3O4/c23-17-9-7-15(8-10-17)14-30-18-6-4-5-16(13-18)19(27)25-26-20(28)22(24-21(26)29)11-2-1-3-12-22/h4-10,13H,1-3,11-12,14H2,(H,24,29)(H,25,27). The van der Waals surface area contributed by atoms with E-state index in [0.717, 1.165) is 29.8 Å². The summed E-state index contributed by atoms with van der Waals surface area (Å²) in [5, 5.41) is 3.53. The molecule has 0 radical (unpaired) electrons. The Labute approximate surface area is 173 Å². The molecule has 1 heterocycles. The van der Waals surface area contributed by atoms with E-state index in [-0.39, 0.29) is 18.0 Å². The molecule has 2 aliphatic rings. The minimum Gasteiger partial charge on any atom is -0.489 e. The number of carbonyl (C=O) groups is 3. The minimum atomic E-state index is -0.900. The Morgan fingerprint density at radius 1 is 1.10 bits per heavy atom. The van der Waals surface area contributed by atoms with Gasteiger partial charge in [0, 0.05) is 5.56 Å². The molecule has 1 spiro atoms. The fourth-order valence-corrected chi connectivity index (χ4v) is 3.86. The number of carbonyl (C=O) groups excluding carboxylic acids is 3. The number of hydrazine groups is 1. The Morgan fingerprint density at radius 3 is 2.57 bits per heavy atom. The monoisotopic (exact) mass is 411 g/mol. The molecule has 1 aliphatic heterocycles. The number of nitrogens with one attached hydrogen (secondary N) is 2. The average molecular weight is 411 g/mol. The molecule has 2 aromatic carbocycles. The fraction of sp³-hybridized carbons (Fsp3) is 0.318. The SMILES string of the molecule is O=C(NN1C(=O)NC2(CCCCC2)C1=O)c1cccc(OCc2ccc(F)cc2)c1. The quantitative estimate of drug-likeness (QED) is 0.739. The van der Waals surface area contributed by atoms with Crippen molar-refractivity contribution in [1.82, 2.24) is 15.8 Å². The highest BCUT2D eigenvalue weighted by molar-refractivity contribution is 6.09. The normalized spacial score (nSPS) is 17.7. The third kappa shape index (κ3) is 3.98. The van der Waals surface area contributed by atoms with Crippen LogP contribution in [0, 0.1) is 5.82 Å². The van der Waals surface area contributed by atoms with Gasteiger partial charge in [0.05, 0.1) is 0 Å². The van der Waals surface area contributed by atoms with E-state index in [1.807, 2.05) is 0 Å². The van der Waals surface area contributed by atoms with Gasteiger partial charge in [0.15, 0.2) is 0 Å². The number of urea groups is 1. The number of imide groups is 1. The van der Waals surface area contributed by atoms with E-state index in [4.69, 9.17) is 4.74 Å². The predicted octanol–water partition coefficient (Wildman–Crippen LogP) is 3.30. The van der Waals surface area contributed by atoms with E-state index in [2.05, 4.69) is 10.7 Å². The Balaban J connectivity index is 1.41. The summed E-state index contributed by atoms with van der Waals surface area (Å²) in [6.07, 6.45) is 3.91. The van der Waals surface area contributed by atoms with Crippen LogP contribution in [0.25, 0.3) is 0 Å². The topological polar surface area (TPSA) is 87.7 Å². The van der Waals surface area contributed by atoms with Gasteiger partial charge in [0.1, 0.15) is 23.7 Å². The number of nitrogens with zero attached hydrogens (tertiary/aromatic N) is 1. The highest BCUT2D eigenvalue weighted by atomic mass is 19.1. The van der Waals surface area contributed by atoms with Crippen LogP contribution in [-0.2, 0) is 11.4 Å². The molecule has 4 rings (SSSR count). The van der Waals surface area contributed by atoms with Crippen LogP contribution >= 0.6 is 0 Å². The largest absolute Gasteiger partial charge is 0.489 e.